The second-order valence-corrected chi connectivity index (χ2v) is 8.95. The molecule has 1 saturated carbocycles. The van der Waals surface area contributed by atoms with E-state index in [9.17, 15) is 22.4 Å². The van der Waals surface area contributed by atoms with Crippen LogP contribution in [0.15, 0.2) is 30.5 Å². The summed E-state index contributed by atoms with van der Waals surface area (Å²) < 4.78 is 54.0. The first-order valence-corrected chi connectivity index (χ1v) is 11.4. The van der Waals surface area contributed by atoms with E-state index in [1.807, 2.05) is 0 Å². The Hall–Kier alpha value is -2.59. The third kappa shape index (κ3) is 5.38. The zero-order chi connectivity index (χ0) is 24.5. The lowest BCUT2D eigenvalue weighted by Crippen LogP contribution is -2.41. The number of alkyl halides is 4. The SMILES string of the molecule is O=C(N[C@@H]1CCC[C@H](Nc2cc(C(F)(F)F)nc3ccc(Cl)cc23)C1)c1cnn(CCF)c1Cl. The topological polar surface area (TPSA) is 71.8 Å². The maximum absolute atomic E-state index is 13.4. The molecule has 2 atom stereocenters. The van der Waals surface area contributed by atoms with E-state index < -0.39 is 24.5 Å². The molecule has 0 bridgehead atoms. The zero-order valence-corrected chi connectivity index (χ0v) is 19.3. The number of anilines is 1. The average Bonchev–Trinajstić information content (AvgIpc) is 3.14. The number of nitrogens with zero attached hydrogens (tertiary/aromatic N) is 3. The van der Waals surface area contributed by atoms with Crippen LogP contribution in [0, 0.1) is 0 Å². The van der Waals surface area contributed by atoms with Crippen molar-refractivity contribution in [1.82, 2.24) is 20.1 Å². The highest BCUT2D eigenvalue weighted by Crippen LogP contribution is 2.35. The summed E-state index contributed by atoms with van der Waals surface area (Å²) in [6.07, 6.45) is -0.637. The Bertz CT molecular complexity index is 1200. The van der Waals surface area contributed by atoms with Crippen LogP contribution in [0.25, 0.3) is 10.9 Å². The molecule has 182 valence electrons. The van der Waals surface area contributed by atoms with Crippen LogP contribution < -0.4 is 10.6 Å². The molecule has 2 aromatic heterocycles. The maximum Gasteiger partial charge on any atom is 0.433 e. The molecule has 0 saturated heterocycles. The molecule has 0 aliphatic heterocycles. The predicted octanol–water partition coefficient (Wildman–Crippen LogP) is 5.88. The number of carbonyl (C=O) groups excluding carboxylic acids is 1. The number of nitrogens with one attached hydrogen (secondary N) is 2. The standard InChI is InChI=1S/C22H21Cl2F4N5O/c23-12-4-5-17-15(8-12)18(10-19(32-17)22(26,27)28)30-13-2-1-3-14(9-13)31-21(34)16-11-29-33(7-6-25)20(16)24/h4-5,8,10-11,13-14H,1-3,6-7,9H2,(H,30,32)(H,31,34)/t13-,14+/m0/s1. The average molecular weight is 518 g/mol. The van der Waals surface area contributed by atoms with Gasteiger partial charge >= 0.3 is 6.18 Å². The van der Waals surface area contributed by atoms with Crippen molar-refractivity contribution in [2.45, 2.75) is 50.5 Å². The summed E-state index contributed by atoms with van der Waals surface area (Å²) in [5, 5.41) is 11.0. The van der Waals surface area contributed by atoms with Gasteiger partial charge in [-0.25, -0.2) is 9.37 Å². The second kappa shape index (κ2) is 9.95. The molecule has 0 spiro atoms. The fraction of sp³-hybridized carbons (Fsp3) is 0.409. The van der Waals surface area contributed by atoms with Crippen LogP contribution in [0.4, 0.5) is 23.2 Å². The minimum Gasteiger partial charge on any atom is -0.382 e. The number of benzene rings is 1. The van der Waals surface area contributed by atoms with Gasteiger partial charge in [0.2, 0.25) is 0 Å². The van der Waals surface area contributed by atoms with Gasteiger partial charge in [-0.15, -0.1) is 0 Å². The Balaban J connectivity index is 1.51. The molecule has 1 aliphatic carbocycles. The molecule has 2 N–H and O–H groups in total. The summed E-state index contributed by atoms with van der Waals surface area (Å²) in [7, 11) is 0. The first-order chi connectivity index (χ1) is 16.2. The number of aromatic nitrogens is 3. The first-order valence-electron chi connectivity index (χ1n) is 10.7. The molecule has 3 aromatic rings. The summed E-state index contributed by atoms with van der Waals surface area (Å²) in [5.41, 5.74) is -0.380. The third-order valence-corrected chi connectivity index (χ3v) is 6.38. The molecule has 0 unspecified atom stereocenters. The molecule has 1 aliphatic rings. The minimum absolute atomic E-state index is 0.0502. The maximum atomic E-state index is 13.4. The number of pyridine rings is 1. The van der Waals surface area contributed by atoms with Gasteiger partial charge in [0.15, 0.2) is 0 Å². The van der Waals surface area contributed by atoms with Gasteiger partial charge in [0, 0.05) is 28.2 Å². The van der Waals surface area contributed by atoms with Gasteiger partial charge in [0.25, 0.3) is 5.91 Å². The zero-order valence-electron chi connectivity index (χ0n) is 17.8. The Kier molecular flexibility index (Phi) is 7.18. The quantitative estimate of drug-likeness (QED) is 0.400. The molecule has 0 radical (unpaired) electrons. The number of rotatable bonds is 6. The number of carbonyl (C=O) groups is 1. The lowest BCUT2D eigenvalue weighted by atomic mass is 9.90. The van der Waals surface area contributed by atoms with E-state index in [4.69, 9.17) is 23.2 Å². The normalized spacial score (nSPS) is 18.8. The molecule has 12 heteroatoms. The predicted molar refractivity (Wildman–Crippen MR) is 122 cm³/mol. The number of hydrogen-bond acceptors (Lipinski definition) is 4. The molecule has 4 rings (SSSR count). The van der Waals surface area contributed by atoms with Crippen molar-refractivity contribution in [2.75, 3.05) is 12.0 Å². The van der Waals surface area contributed by atoms with Crippen molar-refractivity contribution in [3.63, 3.8) is 0 Å². The summed E-state index contributed by atoms with van der Waals surface area (Å²) in [6.45, 7) is -0.714. The largest absolute Gasteiger partial charge is 0.433 e. The third-order valence-electron chi connectivity index (χ3n) is 5.75. The van der Waals surface area contributed by atoms with Crippen molar-refractivity contribution < 1.29 is 22.4 Å². The van der Waals surface area contributed by atoms with Crippen LogP contribution in [0.2, 0.25) is 10.2 Å². The molecule has 34 heavy (non-hydrogen) atoms. The lowest BCUT2D eigenvalue weighted by molar-refractivity contribution is -0.140. The fourth-order valence-corrected chi connectivity index (χ4v) is 4.59. The highest BCUT2D eigenvalue weighted by Gasteiger charge is 2.34. The number of amides is 1. The molecular weight excluding hydrogens is 497 g/mol. The fourth-order valence-electron chi connectivity index (χ4n) is 4.16. The van der Waals surface area contributed by atoms with Crippen LogP contribution in [0.1, 0.15) is 41.7 Å². The van der Waals surface area contributed by atoms with Crippen molar-refractivity contribution in [3.05, 3.63) is 51.9 Å². The number of aryl methyl sites for hydroxylation is 1. The molecule has 1 fully saturated rings. The van der Waals surface area contributed by atoms with Crippen LogP contribution >= 0.6 is 23.2 Å². The molecule has 1 aromatic carbocycles. The summed E-state index contributed by atoms with van der Waals surface area (Å²) in [5.74, 6) is -0.429. The Labute approximate surface area is 202 Å². The van der Waals surface area contributed by atoms with Crippen molar-refractivity contribution in [3.8, 4) is 0 Å². The highest BCUT2D eigenvalue weighted by atomic mass is 35.5. The summed E-state index contributed by atoms with van der Waals surface area (Å²) >= 11 is 12.2. The van der Waals surface area contributed by atoms with Gasteiger partial charge in [-0.3, -0.25) is 9.48 Å². The number of hydrogen-bond donors (Lipinski definition) is 2. The van der Waals surface area contributed by atoms with Crippen molar-refractivity contribution >= 4 is 45.7 Å². The van der Waals surface area contributed by atoms with Crippen LogP contribution in [0.3, 0.4) is 0 Å². The van der Waals surface area contributed by atoms with E-state index >= 15 is 0 Å². The summed E-state index contributed by atoms with van der Waals surface area (Å²) in [4.78, 5) is 16.4. The van der Waals surface area contributed by atoms with Gasteiger partial charge in [0.05, 0.1) is 23.8 Å². The monoisotopic (exact) mass is 517 g/mol. The van der Waals surface area contributed by atoms with Gasteiger partial charge < -0.3 is 10.6 Å². The van der Waals surface area contributed by atoms with Gasteiger partial charge in [0.1, 0.15) is 17.5 Å². The molecule has 2 heterocycles. The van der Waals surface area contributed by atoms with Crippen LogP contribution in [-0.4, -0.2) is 39.4 Å². The van der Waals surface area contributed by atoms with Crippen LogP contribution in [0.5, 0.6) is 0 Å². The Morgan fingerprint density at radius 1 is 1.18 bits per heavy atom. The van der Waals surface area contributed by atoms with E-state index in [-0.39, 0.29) is 40.5 Å². The molecule has 6 nitrogen and oxygen atoms in total. The first kappa shape index (κ1) is 24.5. The summed E-state index contributed by atoms with van der Waals surface area (Å²) in [6, 6.07) is 5.10. The van der Waals surface area contributed by atoms with E-state index in [2.05, 4.69) is 20.7 Å². The second-order valence-electron chi connectivity index (χ2n) is 8.15. The van der Waals surface area contributed by atoms with Crippen molar-refractivity contribution in [1.29, 1.82) is 0 Å². The van der Waals surface area contributed by atoms with Gasteiger partial charge in [-0.2, -0.15) is 18.3 Å². The Morgan fingerprint density at radius 3 is 2.68 bits per heavy atom. The molecular formula is C22H21Cl2F4N5O. The highest BCUT2D eigenvalue weighted by molar-refractivity contribution is 6.33. The van der Waals surface area contributed by atoms with Gasteiger partial charge in [-0.1, -0.05) is 23.2 Å². The lowest BCUT2D eigenvalue weighted by Gasteiger charge is -2.31. The Morgan fingerprint density at radius 2 is 1.94 bits per heavy atom. The van der Waals surface area contributed by atoms with E-state index in [0.29, 0.717) is 29.7 Å². The smallest absolute Gasteiger partial charge is 0.382 e. The van der Waals surface area contributed by atoms with Gasteiger partial charge in [-0.05, 0) is 49.9 Å². The molecule has 1 amide bonds. The minimum atomic E-state index is -4.60. The van der Waals surface area contributed by atoms with Crippen LogP contribution in [-0.2, 0) is 12.7 Å². The van der Waals surface area contributed by atoms with Crippen molar-refractivity contribution in [2.24, 2.45) is 0 Å². The number of halogens is 6. The van der Waals surface area contributed by atoms with E-state index in [1.165, 1.54) is 23.0 Å². The van der Waals surface area contributed by atoms with E-state index in [0.717, 1.165) is 12.5 Å². The number of fused-ring (bicyclic) bond motifs is 1. The van der Waals surface area contributed by atoms with E-state index in [1.54, 1.807) is 6.07 Å².